The second-order valence-corrected chi connectivity index (χ2v) is 5.84. The van der Waals surface area contributed by atoms with Gasteiger partial charge >= 0.3 is 0 Å². The third-order valence-corrected chi connectivity index (χ3v) is 4.18. The summed E-state index contributed by atoms with van der Waals surface area (Å²) in [4.78, 5) is 0. The minimum atomic E-state index is -0.467. The predicted octanol–water partition coefficient (Wildman–Crippen LogP) is 4.08. The Kier molecular flexibility index (Phi) is 3.53. The van der Waals surface area contributed by atoms with Gasteiger partial charge in [-0.3, -0.25) is 0 Å². The SMILES string of the molecule is CC1(C)CCCC[C@H]1C(O)c1ccc(F)cc1. The van der Waals surface area contributed by atoms with Crippen molar-refractivity contribution in [2.24, 2.45) is 11.3 Å². The Morgan fingerprint density at radius 2 is 1.88 bits per heavy atom. The molecule has 1 unspecified atom stereocenters. The van der Waals surface area contributed by atoms with Gasteiger partial charge in [0.2, 0.25) is 0 Å². The van der Waals surface area contributed by atoms with Gasteiger partial charge in [-0.05, 0) is 41.9 Å². The van der Waals surface area contributed by atoms with Crippen LogP contribution in [0.1, 0.15) is 51.2 Å². The first-order valence-electron chi connectivity index (χ1n) is 6.44. The maximum Gasteiger partial charge on any atom is 0.123 e. The van der Waals surface area contributed by atoms with Crippen LogP contribution in [0, 0.1) is 17.2 Å². The van der Waals surface area contributed by atoms with Crippen molar-refractivity contribution in [1.82, 2.24) is 0 Å². The van der Waals surface area contributed by atoms with Crippen LogP contribution in [0.5, 0.6) is 0 Å². The number of hydrogen-bond acceptors (Lipinski definition) is 1. The minimum Gasteiger partial charge on any atom is -0.388 e. The average molecular weight is 236 g/mol. The molecule has 0 amide bonds. The highest BCUT2D eigenvalue weighted by Gasteiger charge is 2.37. The summed E-state index contributed by atoms with van der Waals surface area (Å²) in [6.45, 7) is 4.45. The zero-order valence-corrected chi connectivity index (χ0v) is 10.6. The molecule has 1 fully saturated rings. The van der Waals surface area contributed by atoms with E-state index < -0.39 is 6.10 Å². The maximum atomic E-state index is 12.9. The van der Waals surface area contributed by atoms with E-state index in [0.717, 1.165) is 18.4 Å². The van der Waals surface area contributed by atoms with Gasteiger partial charge in [-0.2, -0.15) is 0 Å². The molecule has 0 heterocycles. The lowest BCUT2D eigenvalue weighted by Gasteiger charge is -2.41. The van der Waals surface area contributed by atoms with Crippen molar-refractivity contribution in [3.05, 3.63) is 35.6 Å². The predicted molar refractivity (Wildman–Crippen MR) is 67.1 cm³/mol. The fourth-order valence-corrected chi connectivity index (χ4v) is 3.00. The monoisotopic (exact) mass is 236 g/mol. The first-order chi connectivity index (χ1) is 8.00. The largest absolute Gasteiger partial charge is 0.388 e. The molecule has 0 bridgehead atoms. The van der Waals surface area contributed by atoms with Crippen LogP contribution in [0.3, 0.4) is 0 Å². The Morgan fingerprint density at radius 3 is 2.47 bits per heavy atom. The van der Waals surface area contributed by atoms with E-state index in [0.29, 0.717) is 0 Å². The van der Waals surface area contributed by atoms with Crippen LogP contribution in [0.15, 0.2) is 24.3 Å². The van der Waals surface area contributed by atoms with Gasteiger partial charge in [-0.15, -0.1) is 0 Å². The number of hydrogen-bond donors (Lipinski definition) is 1. The van der Waals surface area contributed by atoms with Crippen molar-refractivity contribution in [2.45, 2.75) is 45.6 Å². The van der Waals surface area contributed by atoms with Gasteiger partial charge in [0, 0.05) is 0 Å². The molecule has 2 atom stereocenters. The smallest absolute Gasteiger partial charge is 0.123 e. The zero-order chi connectivity index (χ0) is 12.5. The number of aliphatic hydroxyl groups is 1. The number of rotatable bonds is 2. The Hall–Kier alpha value is -0.890. The van der Waals surface area contributed by atoms with Gasteiger partial charge in [0.05, 0.1) is 6.10 Å². The van der Waals surface area contributed by atoms with E-state index in [2.05, 4.69) is 13.8 Å². The molecule has 1 aromatic carbocycles. The molecule has 0 aromatic heterocycles. The van der Waals surface area contributed by atoms with Crippen molar-refractivity contribution < 1.29 is 9.50 Å². The summed E-state index contributed by atoms with van der Waals surface area (Å²) in [5.74, 6) is 0.0329. The fraction of sp³-hybridized carbons (Fsp3) is 0.600. The van der Waals surface area contributed by atoms with Crippen LogP contribution in [-0.4, -0.2) is 5.11 Å². The van der Waals surface area contributed by atoms with Gasteiger partial charge in [-0.25, -0.2) is 4.39 Å². The lowest BCUT2D eigenvalue weighted by molar-refractivity contribution is 0.00383. The highest BCUT2D eigenvalue weighted by molar-refractivity contribution is 5.19. The zero-order valence-electron chi connectivity index (χ0n) is 10.6. The summed E-state index contributed by atoms with van der Waals surface area (Å²) >= 11 is 0. The molecule has 0 spiro atoms. The highest BCUT2D eigenvalue weighted by Crippen LogP contribution is 2.46. The quantitative estimate of drug-likeness (QED) is 0.820. The molecule has 1 nitrogen and oxygen atoms in total. The molecule has 0 radical (unpaired) electrons. The summed E-state index contributed by atoms with van der Waals surface area (Å²) < 4.78 is 12.9. The third kappa shape index (κ3) is 2.68. The van der Waals surface area contributed by atoms with Crippen LogP contribution >= 0.6 is 0 Å². The Labute approximate surface area is 103 Å². The van der Waals surface area contributed by atoms with Crippen LogP contribution in [0.25, 0.3) is 0 Å². The molecule has 17 heavy (non-hydrogen) atoms. The second kappa shape index (κ2) is 4.77. The Bertz CT molecular complexity index is 369. The molecule has 1 saturated carbocycles. The fourth-order valence-electron chi connectivity index (χ4n) is 3.00. The number of aliphatic hydroxyl groups excluding tert-OH is 1. The van der Waals surface area contributed by atoms with Gasteiger partial charge in [0.1, 0.15) is 5.82 Å². The highest BCUT2D eigenvalue weighted by atomic mass is 19.1. The molecule has 1 aromatic rings. The molecule has 0 aliphatic heterocycles. The van der Waals surface area contributed by atoms with Crippen LogP contribution in [0.4, 0.5) is 4.39 Å². The van der Waals surface area contributed by atoms with Gasteiger partial charge < -0.3 is 5.11 Å². The topological polar surface area (TPSA) is 20.2 Å². The van der Waals surface area contributed by atoms with Crippen molar-refractivity contribution in [2.75, 3.05) is 0 Å². The van der Waals surface area contributed by atoms with E-state index >= 15 is 0 Å². The minimum absolute atomic E-state index is 0.173. The standard InChI is InChI=1S/C15H21FO/c1-15(2)10-4-3-5-13(15)14(17)11-6-8-12(16)9-7-11/h6-9,13-14,17H,3-5,10H2,1-2H3/t13-,14?/m0/s1. The number of benzene rings is 1. The molecule has 2 heteroatoms. The normalized spacial score (nSPS) is 25.5. The Morgan fingerprint density at radius 1 is 1.24 bits per heavy atom. The summed E-state index contributed by atoms with van der Waals surface area (Å²) in [5, 5.41) is 10.4. The van der Waals surface area contributed by atoms with Crippen molar-refractivity contribution in [1.29, 1.82) is 0 Å². The average Bonchev–Trinajstić information content (AvgIpc) is 2.28. The summed E-state index contributed by atoms with van der Waals surface area (Å²) in [6.07, 6.45) is 4.19. The first kappa shape index (κ1) is 12.6. The van der Waals surface area contributed by atoms with Crippen LogP contribution in [-0.2, 0) is 0 Å². The van der Waals surface area contributed by atoms with Gasteiger partial charge in [0.25, 0.3) is 0 Å². The van der Waals surface area contributed by atoms with Crippen molar-refractivity contribution >= 4 is 0 Å². The van der Waals surface area contributed by atoms with E-state index in [1.165, 1.54) is 25.0 Å². The number of halogens is 1. The van der Waals surface area contributed by atoms with E-state index in [1.54, 1.807) is 12.1 Å². The van der Waals surface area contributed by atoms with Crippen LogP contribution in [0.2, 0.25) is 0 Å². The lowest BCUT2D eigenvalue weighted by atomic mass is 9.65. The van der Waals surface area contributed by atoms with Gasteiger partial charge in [-0.1, -0.05) is 38.8 Å². The second-order valence-electron chi connectivity index (χ2n) is 5.84. The lowest BCUT2D eigenvalue weighted by Crippen LogP contribution is -2.32. The summed E-state index contributed by atoms with van der Waals surface area (Å²) in [5.41, 5.74) is 1.01. The molecule has 2 rings (SSSR count). The molecule has 94 valence electrons. The molecular weight excluding hydrogens is 215 g/mol. The summed E-state index contributed by atoms with van der Waals surface area (Å²) in [6, 6.07) is 6.25. The van der Waals surface area contributed by atoms with E-state index in [4.69, 9.17) is 0 Å². The molecule has 1 N–H and O–H groups in total. The van der Waals surface area contributed by atoms with Crippen molar-refractivity contribution in [3.63, 3.8) is 0 Å². The van der Waals surface area contributed by atoms with Crippen LogP contribution < -0.4 is 0 Å². The molecular formula is C15H21FO. The third-order valence-electron chi connectivity index (χ3n) is 4.18. The maximum absolute atomic E-state index is 12.9. The van der Waals surface area contributed by atoms with E-state index in [1.807, 2.05) is 0 Å². The molecule has 0 saturated heterocycles. The summed E-state index contributed by atoms with van der Waals surface area (Å²) in [7, 11) is 0. The molecule has 1 aliphatic carbocycles. The van der Waals surface area contributed by atoms with E-state index in [-0.39, 0.29) is 17.2 Å². The first-order valence-corrected chi connectivity index (χ1v) is 6.44. The van der Waals surface area contributed by atoms with Gasteiger partial charge in [0.15, 0.2) is 0 Å². The van der Waals surface area contributed by atoms with E-state index in [9.17, 15) is 9.50 Å². The van der Waals surface area contributed by atoms with Crippen molar-refractivity contribution in [3.8, 4) is 0 Å². The Balaban J connectivity index is 2.18. The molecule has 1 aliphatic rings.